The fraction of sp³-hybridized carbons (Fsp3) is 0.364. The van der Waals surface area contributed by atoms with E-state index in [-0.39, 0.29) is 12.7 Å². The smallest absolute Gasteiger partial charge is 0.410 e. The zero-order chi connectivity index (χ0) is 10.7. The molecule has 1 saturated heterocycles. The van der Waals surface area contributed by atoms with E-state index in [0.29, 0.717) is 19.7 Å². The molecule has 15 heavy (non-hydrogen) atoms. The Balaban J connectivity index is 2.01. The maximum atomic E-state index is 11.2. The molecule has 4 heteroatoms. The molecule has 1 aromatic carbocycles. The second kappa shape index (κ2) is 4.31. The second-order valence-corrected chi connectivity index (χ2v) is 3.51. The molecule has 1 aliphatic heterocycles. The summed E-state index contributed by atoms with van der Waals surface area (Å²) >= 11 is 0. The third kappa shape index (κ3) is 2.27. The van der Waals surface area contributed by atoms with E-state index in [1.165, 1.54) is 0 Å². The van der Waals surface area contributed by atoms with E-state index in [9.17, 15) is 4.79 Å². The molecule has 0 bridgehead atoms. The summed E-state index contributed by atoms with van der Waals surface area (Å²) in [4.78, 5) is 12.8. The number of carbonyl (C=O) groups is 1. The number of amides is 1. The Kier molecular flexibility index (Phi) is 2.87. The van der Waals surface area contributed by atoms with E-state index in [2.05, 4.69) is 0 Å². The van der Waals surface area contributed by atoms with Gasteiger partial charge in [-0.15, -0.1) is 0 Å². The highest BCUT2D eigenvalue weighted by Crippen LogP contribution is 2.11. The van der Waals surface area contributed by atoms with Gasteiger partial charge in [-0.25, -0.2) is 4.79 Å². The highest BCUT2D eigenvalue weighted by molar-refractivity contribution is 5.69. The molecule has 4 nitrogen and oxygen atoms in total. The normalized spacial score (nSPS) is 15.5. The number of rotatable bonds is 3. The average molecular weight is 207 g/mol. The third-order valence-electron chi connectivity index (χ3n) is 2.42. The summed E-state index contributed by atoms with van der Waals surface area (Å²) in [7, 11) is 0. The maximum absolute atomic E-state index is 11.2. The summed E-state index contributed by atoms with van der Waals surface area (Å²) in [5.74, 6) is 0. The molecule has 0 unspecified atom stereocenters. The third-order valence-corrected chi connectivity index (χ3v) is 2.42. The minimum atomic E-state index is -0.249. The Morgan fingerprint density at radius 2 is 1.93 bits per heavy atom. The Morgan fingerprint density at radius 1 is 1.27 bits per heavy atom. The number of hydrogen-bond donors (Lipinski definition) is 1. The van der Waals surface area contributed by atoms with E-state index in [4.69, 9.17) is 9.84 Å². The number of aliphatic hydroxyl groups excluding tert-OH is 1. The van der Waals surface area contributed by atoms with Gasteiger partial charge in [-0.3, -0.25) is 0 Å². The fourth-order valence-electron chi connectivity index (χ4n) is 1.54. The van der Waals surface area contributed by atoms with Crippen LogP contribution in [-0.2, 0) is 17.9 Å². The van der Waals surface area contributed by atoms with Crippen molar-refractivity contribution in [2.45, 2.75) is 13.2 Å². The molecule has 2 rings (SSSR count). The van der Waals surface area contributed by atoms with Crippen LogP contribution in [0.4, 0.5) is 4.79 Å². The van der Waals surface area contributed by atoms with Crippen LogP contribution in [0.25, 0.3) is 0 Å². The zero-order valence-corrected chi connectivity index (χ0v) is 8.35. The largest absolute Gasteiger partial charge is 0.448 e. The highest BCUT2D eigenvalue weighted by Gasteiger charge is 2.21. The van der Waals surface area contributed by atoms with Crippen molar-refractivity contribution in [1.29, 1.82) is 0 Å². The Morgan fingerprint density at radius 3 is 2.47 bits per heavy atom. The van der Waals surface area contributed by atoms with Crippen LogP contribution >= 0.6 is 0 Å². The molecule has 0 radical (unpaired) electrons. The first kappa shape index (κ1) is 9.98. The minimum absolute atomic E-state index is 0.0477. The molecule has 1 aliphatic rings. The van der Waals surface area contributed by atoms with E-state index in [1.54, 1.807) is 4.90 Å². The molecule has 80 valence electrons. The first-order valence-corrected chi connectivity index (χ1v) is 4.90. The van der Waals surface area contributed by atoms with Crippen LogP contribution in [0.15, 0.2) is 24.3 Å². The van der Waals surface area contributed by atoms with Gasteiger partial charge in [0, 0.05) is 6.54 Å². The van der Waals surface area contributed by atoms with Gasteiger partial charge >= 0.3 is 6.09 Å². The number of aliphatic hydroxyl groups is 1. The van der Waals surface area contributed by atoms with Crippen LogP contribution in [0.5, 0.6) is 0 Å². The van der Waals surface area contributed by atoms with E-state index in [0.717, 1.165) is 11.1 Å². The minimum Gasteiger partial charge on any atom is -0.448 e. The van der Waals surface area contributed by atoms with Crippen LogP contribution in [0.3, 0.4) is 0 Å². The van der Waals surface area contributed by atoms with Gasteiger partial charge in [0.15, 0.2) is 0 Å². The molecule has 0 spiro atoms. The lowest BCUT2D eigenvalue weighted by Crippen LogP contribution is -2.23. The van der Waals surface area contributed by atoms with Crippen LogP contribution in [-0.4, -0.2) is 29.3 Å². The van der Waals surface area contributed by atoms with Gasteiger partial charge in [0.25, 0.3) is 0 Å². The molecule has 0 saturated carbocycles. The van der Waals surface area contributed by atoms with Gasteiger partial charge in [-0.05, 0) is 11.1 Å². The van der Waals surface area contributed by atoms with Crippen molar-refractivity contribution in [2.24, 2.45) is 0 Å². The monoisotopic (exact) mass is 207 g/mol. The lowest BCUT2D eigenvalue weighted by molar-refractivity contribution is 0.157. The van der Waals surface area contributed by atoms with E-state index in [1.807, 2.05) is 24.3 Å². The Hall–Kier alpha value is -1.55. The molecule has 1 aromatic rings. The zero-order valence-electron chi connectivity index (χ0n) is 8.35. The lowest BCUT2D eigenvalue weighted by Gasteiger charge is -2.12. The molecule has 0 atom stereocenters. The summed E-state index contributed by atoms with van der Waals surface area (Å²) in [5.41, 5.74) is 1.92. The first-order valence-electron chi connectivity index (χ1n) is 4.90. The number of hydrogen-bond acceptors (Lipinski definition) is 3. The fourth-order valence-corrected chi connectivity index (χ4v) is 1.54. The van der Waals surface area contributed by atoms with Crippen molar-refractivity contribution in [3.63, 3.8) is 0 Å². The Labute approximate surface area is 88.1 Å². The highest BCUT2D eigenvalue weighted by atomic mass is 16.6. The van der Waals surface area contributed by atoms with Gasteiger partial charge in [0.05, 0.1) is 13.2 Å². The summed E-state index contributed by atoms with van der Waals surface area (Å²) in [6.45, 7) is 1.75. The van der Waals surface area contributed by atoms with Crippen LogP contribution in [0.1, 0.15) is 11.1 Å². The molecule has 1 fully saturated rings. The van der Waals surface area contributed by atoms with Gasteiger partial charge in [0.2, 0.25) is 0 Å². The molecular formula is C11H13NO3. The van der Waals surface area contributed by atoms with Crippen molar-refractivity contribution >= 4 is 6.09 Å². The maximum Gasteiger partial charge on any atom is 0.410 e. The number of nitrogens with zero attached hydrogens (tertiary/aromatic N) is 1. The Bertz CT molecular complexity index is 347. The molecule has 1 N–H and O–H groups in total. The number of carbonyl (C=O) groups excluding carboxylic acids is 1. The second-order valence-electron chi connectivity index (χ2n) is 3.51. The van der Waals surface area contributed by atoms with Gasteiger partial charge in [-0.2, -0.15) is 0 Å². The number of cyclic esters (lactones) is 1. The topological polar surface area (TPSA) is 49.8 Å². The predicted molar refractivity (Wildman–Crippen MR) is 54.1 cm³/mol. The molecule has 1 heterocycles. The van der Waals surface area contributed by atoms with Crippen molar-refractivity contribution in [2.75, 3.05) is 13.2 Å². The van der Waals surface area contributed by atoms with E-state index >= 15 is 0 Å². The van der Waals surface area contributed by atoms with Crippen LogP contribution in [0.2, 0.25) is 0 Å². The van der Waals surface area contributed by atoms with Crippen molar-refractivity contribution in [3.05, 3.63) is 35.4 Å². The predicted octanol–water partition coefficient (Wildman–Crippen LogP) is 1.13. The lowest BCUT2D eigenvalue weighted by atomic mass is 10.1. The van der Waals surface area contributed by atoms with Crippen LogP contribution < -0.4 is 0 Å². The molecular weight excluding hydrogens is 194 g/mol. The van der Waals surface area contributed by atoms with Crippen molar-refractivity contribution in [3.8, 4) is 0 Å². The van der Waals surface area contributed by atoms with Crippen LogP contribution in [0, 0.1) is 0 Å². The molecule has 0 aromatic heterocycles. The summed E-state index contributed by atoms with van der Waals surface area (Å²) in [6, 6.07) is 7.54. The standard InChI is InChI=1S/C11H13NO3/c13-8-10-3-1-9(2-4-10)7-12-5-6-15-11(12)14/h1-4,13H,5-8H2. The SMILES string of the molecule is O=C1OCCN1Cc1ccc(CO)cc1. The van der Waals surface area contributed by atoms with Crippen molar-refractivity contribution < 1.29 is 14.6 Å². The van der Waals surface area contributed by atoms with Gasteiger partial charge < -0.3 is 14.7 Å². The average Bonchev–Trinajstić information content (AvgIpc) is 2.66. The van der Waals surface area contributed by atoms with Gasteiger partial charge in [0.1, 0.15) is 6.61 Å². The van der Waals surface area contributed by atoms with Gasteiger partial charge in [-0.1, -0.05) is 24.3 Å². The summed E-state index contributed by atoms with van der Waals surface area (Å²) in [5, 5.41) is 8.87. The summed E-state index contributed by atoms with van der Waals surface area (Å²) in [6.07, 6.45) is -0.249. The van der Waals surface area contributed by atoms with Crippen molar-refractivity contribution in [1.82, 2.24) is 4.90 Å². The summed E-state index contributed by atoms with van der Waals surface area (Å²) < 4.78 is 4.83. The molecule has 1 amide bonds. The quantitative estimate of drug-likeness (QED) is 0.808. The first-order chi connectivity index (χ1) is 7.29. The number of ether oxygens (including phenoxy) is 1. The number of benzene rings is 1. The molecule has 0 aliphatic carbocycles. The van der Waals surface area contributed by atoms with E-state index < -0.39 is 0 Å².